The zero-order chi connectivity index (χ0) is 12.3. The molecular formula is C12H15NO4. The average molecular weight is 237 g/mol. The van der Waals surface area contributed by atoms with Crippen molar-refractivity contribution in [2.24, 2.45) is 0 Å². The van der Waals surface area contributed by atoms with Crippen molar-refractivity contribution in [1.29, 1.82) is 0 Å². The lowest BCUT2D eigenvalue weighted by molar-refractivity contribution is 0.0692. The van der Waals surface area contributed by atoms with Crippen molar-refractivity contribution in [2.45, 2.75) is 18.8 Å². The quantitative estimate of drug-likeness (QED) is 0.866. The molecule has 0 aromatic carbocycles. The summed E-state index contributed by atoms with van der Waals surface area (Å²) >= 11 is 0. The fourth-order valence-electron chi connectivity index (χ4n) is 2.01. The van der Waals surface area contributed by atoms with Gasteiger partial charge in [0.05, 0.1) is 13.3 Å². The van der Waals surface area contributed by atoms with Crippen LogP contribution in [0.2, 0.25) is 0 Å². The fraction of sp³-hybridized carbons (Fsp3) is 0.500. The molecule has 5 heteroatoms. The first-order valence-electron chi connectivity index (χ1n) is 5.57. The highest BCUT2D eigenvalue weighted by Crippen LogP contribution is 2.28. The Morgan fingerprint density at radius 2 is 2.24 bits per heavy atom. The Labute approximate surface area is 99.4 Å². The Kier molecular flexibility index (Phi) is 3.58. The van der Waals surface area contributed by atoms with Gasteiger partial charge in [-0.3, -0.25) is 4.98 Å². The molecule has 0 saturated carbocycles. The summed E-state index contributed by atoms with van der Waals surface area (Å²) in [4.78, 5) is 15.4. The maximum Gasteiger partial charge on any atom is 0.339 e. The SMILES string of the molecule is COc1cnc(C2CCOCC2)cc1C(=O)O. The van der Waals surface area contributed by atoms with Crippen LogP contribution < -0.4 is 4.74 Å². The van der Waals surface area contributed by atoms with Crippen LogP contribution in [-0.4, -0.2) is 36.4 Å². The van der Waals surface area contributed by atoms with Crippen LogP contribution in [0.15, 0.2) is 12.3 Å². The van der Waals surface area contributed by atoms with Gasteiger partial charge >= 0.3 is 5.97 Å². The highest BCUT2D eigenvalue weighted by molar-refractivity contribution is 5.90. The largest absolute Gasteiger partial charge is 0.494 e. The van der Waals surface area contributed by atoms with Gasteiger partial charge in [0, 0.05) is 24.8 Å². The molecule has 1 fully saturated rings. The molecule has 1 aliphatic rings. The highest BCUT2D eigenvalue weighted by Gasteiger charge is 2.20. The minimum atomic E-state index is -0.988. The van der Waals surface area contributed by atoms with E-state index in [0.717, 1.165) is 18.5 Å². The van der Waals surface area contributed by atoms with E-state index in [1.54, 1.807) is 6.07 Å². The van der Waals surface area contributed by atoms with E-state index in [-0.39, 0.29) is 11.5 Å². The fourth-order valence-corrected chi connectivity index (χ4v) is 2.01. The lowest BCUT2D eigenvalue weighted by atomic mass is 9.95. The standard InChI is InChI=1S/C12H15NO4/c1-16-11-7-13-10(6-9(11)12(14)15)8-2-4-17-5-3-8/h6-8H,2-5H2,1H3,(H,14,15). The third-order valence-electron chi connectivity index (χ3n) is 2.98. The number of aromatic nitrogens is 1. The zero-order valence-electron chi connectivity index (χ0n) is 9.68. The van der Waals surface area contributed by atoms with Crippen molar-refractivity contribution in [2.75, 3.05) is 20.3 Å². The van der Waals surface area contributed by atoms with Crippen molar-refractivity contribution in [3.63, 3.8) is 0 Å². The van der Waals surface area contributed by atoms with Gasteiger partial charge in [0.1, 0.15) is 5.56 Å². The molecule has 1 aliphatic heterocycles. The predicted molar refractivity (Wildman–Crippen MR) is 60.5 cm³/mol. The number of pyridine rings is 1. The zero-order valence-corrected chi connectivity index (χ0v) is 9.68. The number of aromatic carboxylic acids is 1. The first-order chi connectivity index (χ1) is 8.22. The van der Waals surface area contributed by atoms with Gasteiger partial charge in [-0.25, -0.2) is 4.79 Å². The topological polar surface area (TPSA) is 68.7 Å². The number of carboxylic acids is 1. The average Bonchev–Trinajstić information content (AvgIpc) is 2.39. The molecule has 0 radical (unpaired) electrons. The molecule has 2 heterocycles. The summed E-state index contributed by atoms with van der Waals surface area (Å²) in [6, 6.07) is 1.61. The molecule has 1 aromatic heterocycles. The second-order valence-electron chi connectivity index (χ2n) is 4.00. The minimum absolute atomic E-state index is 0.170. The number of carboxylic acid groups (broad SMARTS) is 1. The molecular weight excluding hydrogens is 222 g/mol. The molecule has 17 heavy (non-hydrogen) atoms. The van der Waals surface area contributed by atoms with E-state index in [1.807, 2.05) is 0 Å². The molecule has 2 rings (SSSR count). The van der Waals surface area contributed by atoms with E-state index in [2.05, 4.69) is 4.98 Å². The van der Waals surface area contributed by atoms with Crippen LogP contribution in [-0.2, 0) is 4.74 Å². The van der Waals surface area contributed by atoms with E-state index >= 15 is 0 Å². The van der Waals surface area contributed by atoms with Crippen LogP contribution in [0.5, 0.6) is 5.75 Å². The Balaban J connectivity index is 2.29. The third-order valence-corrected chi connectivity index (χ3v) is 2.98. The van der Waals surface area contributed by atoms with E-state index in [9.17, 15) is 4.79 Å². The molecule has 0 aliphatic carbocycles. The van der Waals surface area contributed by atoms with Crippen molar-refractivity contribution in [3.8, 4) is 5.75 Å². The van der Waals surface area contributed by atoms with Gasteiger partial charge in [-0.05, 0) is 18.9 Å². The number of methoxy groups -OCH3 is 1. The molecule has 0 bridgehead atoms. The maximum absolute atomic E-state index is 11.1. The Hall–Kier alpha value is -1.62. The Morgan fingerprint density at radius 3 is 2.82 bits per heavy atom. The third kappa shape index (κ3) is 2.55. The molecule has 5 nitrogen and oxygen atoms in total. The molecule has 1 N–H and O–H groups in total. The van der Waals surface area contributed by atoms with Gasteiger partial charge in [-0.15, -0.1) is 0 Å². The minimum Gasteiger partial charge on any atom is -0.494 e. The van der Waals surface area contributed by atoms with Crippen molar-refractivity contribution in [3.05, 3.63) is 23.5 Å². The lowest BCUT2D eigenvalue weighted by Gasteiger charge is -2.21. The predicted octanol–water partition coefficient (Wildman–Crippen LogP) is 1.68. The second kappa shape index (κ2) is 5.14. The molecule has 1 saturated heterocycles. The normalized spacial score (nSPS) is 16.8. The van der Waals surface area contributed by atoms with Crippen LogP contribution in [0.1, 0.15) is 34.8 Å². The van der Waals surface area contributed by atoms with E-state index < -0.39 is 5.97 Å². The summed E-state index contributed by atoms with van der Waals surface area (Å²) in [6.45, 7) is 1.42. The van der Waals surface area contributed by atoms with Crippen LogP contribution >= 0.6 is 0 Å². The summed E-state index contributed by atoms with van der Waals surface area (Å²) < 4.78 is 10.3. The molecule has 0 atom stereocenters. The van der Waals surface area contributed by atoms with E-state index in [0.29, 0.717) is 19.0 Å². The van der Waals surface area contributed by atoms with Crippen LogP contribution in [0, 0.1) is 0 Å². The maximum atomic E-state index is 11.1. The van der Waals surface area contributed by atoms with E-state index in [4.69, 9.17) is 14.6 Å². The van der Waals surface area contributed by atoms with Gasteiger partial charge in [-0.2, -0.15) is 0 Å². The first kappa shape index (κ1) is 11.9. The van der Waals surface area contributed by atoms with Gasteiger partial charge in [0.2, 0.25) is 0 Å². The van der Waals surface area contributed by atoms with Crippen LogP contribution in [0.4, 0.5) is 0 Å². The Morgan fingerprint density at radius 1 is 1.53 bits per heavy atom. The summed E-state index contributed by atoms with van der Waals surface area (Å²) in [5.74, 6) is -0.404. The van der Waals surface area contributed by atoms with Gasteiger partial charge in [-0.1, -0.05) is 0 Å². The van der Waals surface area contributed by atoms with Gasteiger partial charge < -0.3 is 14.6 Å². The van der Waals surface area contributed by atoms with Gasteiger partial charge in [0.15, 0.2) is 5.75 Å². The summed E-state index contributed by atoms with van der Waals surface area (Å²) in [7, 11) is 1.44. The molecule has 92 valence electrons. The number of hydrogen-bond acceptors (Lipinski definition) is 4. The van der Waals surface area contributed by atoms with Crippen molar-refractivity contribution < 1.29 is 19.4 Å². The van der Waals surface area contributed by atoms with E-state index in [1.165, 1.54) is 13.3 Å². The van der Waals surface area contributed by atoms with Crippen molar-refractivity contribution in [1.82, 2.24) is 4.98 Å². The molecule has 0 unspecified atom stereocenters. The summed E-state index contributed by atoms with van der Waals surface area (Å²) in [5.41, 5.74) is 0.982. The van der Waals surface area contributed by atoms with Crippen molar-refractivity contribution >= 4 is 5.97 Å². The molecule has 0 amide bonds. The summed E-state index contributed by atoms with van der Waals surface area (Å²) in [5, 5.41) is 9.09. The highest BCUT2D eigenvalue weighted by atomic mass is 16.5. The van der Waals surface area contributed by atoms with Gasteiger partial charge in [0.25, 0.3) is 0 Å². The monoisotopic (exact) mass is 237 g/mol. The molecule has 0 spiro atoms. The Bertz CT molecular complexity index is 413. The second-order valence-corrected chi connectivity index (χ2v) is 4.00. The number of carbonyl (C=O) groups is 1. The van der Waals surface area contributed by atoms with Crippen LogP contribution in [0.3, 0.4) is 0 Å². The lowest BCUT2D eigenvalue weighted by Crippen LogP contribution is -2.16. The first-order valence-corrected chi connectivity index (χ1v) is 5.57. The number of hydrogen-bond donors (Lipinski definition) is 1. The summed E-state index contributed by atoms with van der Waals surface area (Å²) in [6.07, 6.45) is 3.25. The number of nitrogens with zero attached hydrogens (tertiary/aromatic N) is 1. The smallest absolute Gasteiger partial charge is 0.339 e. The number of ether oxygens (including phenoxy) is 2. The number of rotatable bonds is 3. The molecule has 1 aromatic rings. The van der Waals surface area contributed by atoms with Crippen LogP contribution in [0.25, 0.3) is 0 Å².